The maximum atomic E-state index is 12.5. The van der Waals surface area contributed by atoms with Gasteiger partial charge in [0.2, 0.25) is 0 Å². The summed E-state index contributed by atoms with van der Waals surface area (Å²) >= 11 is 0. The molecule has 0 saturated carbocycles. The van der Waals surface area contributed by atoms with Crippen molar-refractivity contribution in [3.05, 3.63) is 72.1 Å². The molecule has 3 N–H and O–H groups in total. The predicted molar refractivity (Wildman–Crippen MR) is 94.8 cm³/mol. The first-order valence-electron chi connectivity index (χ1n) is 8.21. The average molecular weight is 332 g/mol. The van der Waals surface area contributed by atoms with Crippen LogP contribution in [0.5, 0.6) is 0 Å². The van der Waals surface area contributed by atoms with Crippen LogP contribution >= 0.6 is 0 Å². The van der Waals surface area contributed by atoms with Crippen LogP contribution < -0.4 is 0 Å². The summed E-state index contributed by atoms with van der Waals surface area (Å²) in [7, 11) is 0. The molecule has 1 aliphatic rings. The molecule has 1 atom stereocenters. The van der Waals surface area contributed by atoms with Gasteiger partial charge in [-0.15, -0.1) is 0 Å². The van der Waals surface area contributed by atoms with Gasteiger partial charge in [-0.1, -0.05) is 36.4 Å². The van der Waals surface area contributed by atoms with Crippen LogP contribution in [0.15, 0.2) is 60.7 Å². The van der Waals surface area contributed by atoms with Crippen molar-refractivity contribution < 1.29 is 14.6 Å². The van der Waals surface area contributed by atoms with Crippen LogP contribution in [-0.4, -0.2) is 33.8 Å². The van der Waals surface area contributed by atoms with Crippen molar-refractivity contribution in [2.75, 3.05) is 6.61 Å². The van der Waals surface area contributed by atoms with E-state index in [2.05, 4.69) is 9.97 Å². The summed E-state index contributed by atoms with van der Waals surface area (Å²) in [5.41, 5.74) is 1.82. The Morgan fingerprint density at radius 1 is 0.960 bits per heavy atom. The molecule has 0 amide bonds. The number of nitrogens with one attached hydrogen (secondary N) is 2. The topological polar surface area (TPSA) is 81.4 Å². The van der Waals surface area contributed by atoms with Gasteiger partial charge in [-0.05, 0) is 35.0 Å². The quantitative estimate of drug-likeness (QED) is 0.501. The fourth-order valence-corrected chi connectivity index (χ4v) is 3.73. The van der Waals surface area contributed by atoms with Crippen molar-refractivity contribution in [3.63, 3.8) is 0 Å². The maximum absolute atomic E-state index is 12.5. The molecule has 5 nitrogen and oxygen atoms in total. The van der Waals surface area contributed by atoms with E-state index in [-0.39, 0.29) is 0 Å². The van der Waals surface area contributed by atoms with Crippen LogP contribution in [0.1, 0.15) is 11.4 Å². The Morgan fingerprint density at radius 3 is 1.84 bits per heavy atom. The van der Waals surface area contributed by atoms with E-state index in [0.717, 1.165) is 21.8 Å². The standard InChI is InChI=1S/C20H16N2O3/c23-19(24)20(18-11-25-18,16-9-12-5-1-3-7-14(12)21-16)17-10-13-6-2-4-8-15(13)22-17/h1-10,18,21-22H,11H2,(H,23,24). The number of para-hydroxylation sites is 2. The van der Waals surface area contributed by atoms with E-state index in [1.165, 1.54) is 0 Å². The zero-order valence-corrected chi connectivity index (χ0v) is 13.3. The highest BCUT2D eigenvalue weighted by Gasteiger charge is 2.57. The van der Waals surface area contributed by atoms with E-state index in [0.29, 0.717) is 18.0 Å². The zero-order chi connectivity index (χ0) is 17.0. The van der Waals surface area contributed by atoms with Crippen LogP contribution in [0.3, 0.4) is 0 Å². The summed E-state index contributed by atoms with van der Waals surface area (Å²) in [5, 5.41) is 12.2. The van der Waals surface area contributed by atoms with E-state index in [1.54, 1.807) is 0 Å². The van der Waals surface area contributed by atoms with Crippen molar-refractivity contribution in [1.82, 2.24) is 9.97 Å². The Balaban J connectivity index is 1.80. The summed E-state index contributed by atoms with van der Waals surface area (Å²) in [6.07, 6.45) is -0.397. The van der Waals surface area contributed by atoms with E-state index < -0.39 is 17.5 Å². The fraction of sp³-hybridized carbons (Fsp3) is 0.150. The molecule has 25 heavy (non-hydrogen) atoms. The monoisotopic (exact) mass is 332 g/mol. The van der Waals surface area contributed by atoms with Gasteiger partial charge < -0.3 is 19.8 Å². The van der Waals surface area contributed by atoms with Gasteiger partial charge in [0, 0.05) is 22.4 Å². The molecular weight excluding hydrogens is 316 g/mol. The number of aliphatic carboxylic acids is 1. The van der Waals surface area contributed by atoms with E-state index >= 15 is 0 Å². The van der Waals surface area contributed by atoms with Crippen LogP contribution in [0.25, 0.3) is 21.8 Å². The number of fused-ring (bicyclic) bond motifs is 2. The third kappa shape index (κ3) is 1.96. The number of carbonyl (C=O) groups is 1. The lowest BCUT2D eigenvalue weighted by atomic mass is 9.78. The second kappa shape index (κ2) is 4.97. The number of ether oxygens (including phenoxy) is 1. The highest BCUT2D eigenvalue weighted by Crippen LogP contribution is 2.43. The second-order valence-electron chi connectivity index (χ2n) is 6.48. The molecule has 0 spiro atoms. The van der Waals surface area contributed by atoms with Gasteiger partial charge in [0.15, 0.2) is 5.41 Å². The maximum Gasteiger partial charge on any atom is 0.324 e. The first-order chi connectivity index (χ1) is 12.2. The minimum absolute atomic E-state index is 0.397. The minimum Gasteiger partial charge on any atom is -0.480 e. The highest BCUT2D eigenvalue weighted by atomic mass is 16.6. The van der Waals surface area contributed by atoms with Crippen LogP contribution in [0.4, 0.5) is 0 Å². The minimum atomic E-state index is -1.28. The van der Waals surface area contributed by atoms with Gasteiger partial charge in [-0.2, -0.15) is 0 Å². The normalized spacial score (nSPS) is 17.2. The fourth-order valence-electron chi connectivity index (χ4n) is 3.73. The smallest absolute Gasteiger partial charge is 0.324 e. The summed E-state index contributed by atoms with van der Waals surface area (Å²) < 4.78 is 5.52. The number of aromatic amines is 2. The predicted octanol–water partition coefficient (Wildman–Crippen LogP) is 3.42. The Kier molecular flexibility index (Phi) is 2.85. The molecule has 5 heteroatoms. The Hall–Kier alpha value is -3.05. The molecule has 1 fully saturated rings. The van der Waals surface area contributed by atoms with Crippen LogP contribution in [0, 0.1) is 0 Å². The third-order valence-corrected chi connectivity index (χ3v) is 5.06. The highest BCUT2D eigenvalue weighted by molar-refractivity contribution is 5.92. The number of aromatic nitrogens is 2. The van der Waals surface area contributed by atoms with Crippen molar-refractivity contribution >= 4 is 27.8 Å². The van der Waals surface area contributed by atoms with Gasteiger partial charge in [0.05, 0.1) is 6.61 Å². The Labute approximate surface area is 143 Å². The summed E-state index contributed by atoms with van der Waals surface area (Å²) in [6.45, 7) is 0.428. The summed E-state index contributed by atoms with van der Waals surface area (Å²) in [4.78, 5) is 19.1. The van der Waals surface area contributed by atoms with Gasteiger partial charge in [0.1, 0.15) is 6.10 Å². The number of epoxide rings is 1. The van der Waals surface area contributed by atoms with E-state index in [9.17, 15) is 9.90 Å². The lowest BCUT2D eigenvalue weighted by molar-refractivity contribution is -0.143. The number of H-pyrrole nitrogens is 2. The summed E-state index contributed by atoms with van der Waals surface area (Å²) in [5.74, 6) is -0.923. The Bertz CT molecular complexity index is 964. The molecule has 0 radical (unpaired) electrons. The molecule has 2 aromatic heterocycles. The molecule has 2 aromatic carbocycles. The second-order valence-corrected chi connectivity index (χ2v) is 6.48. The number of carboxylic acid groups (broad SMARTS) is 1. The molecule has 1 aliphatic heterocycles. The molecule has 3 heterocycles. The van der Waals surface area contributed by atoms with Crippen molar-refractivity contribution in [2.45, 2.75) is 11.5 Å². The zero-order valence-electron chi connectivity index (χ0n) is 13.3. The first kappa shape index (κ1) is 14.3. The van der Waals surface area contributed by atoms with Gasteiger partial charge in [-0.25, -0.2) is 0 Å². The van der Waals surface area contributed by atoms with Crippen molar-refractivity contribution in [3.8, 4) is 0 Å². The van der Waals surface area contributed by atoms with Crippen molar-refractivity contribution in [1.29, 1.82) is 0 Å². The molecule has 0 bridgehead atoms. The molecule has 1 unspecified atom stereocenters. The van der Waals surface area contributed by atoms with Gasteiger partial charge in [-0.3, -0.25) is 4.79 Å². The molecular formula is C20H16N2O3. The molecule has 1 saturated heterocycles. The average Bonchev–Trinajstić information content (AvgIpc) is 3.21. The van der Waals surface area contributed by atoms with E-state index in [4.69, 9.17) is 4.74 Å². The lowest BCUT2D eigenvalue weighted by Crippen LogP contribution is -2.43. The van der Waals surface area contributed by atoms with Gasteiger partial charge >= 0.3 is 5.97 Å². The lowest BCUT2D eigenvalue weighted by Gasteiger charge is -2.26. The van der Waals surface area contributed by atoms with Crippen LogP contribution in [0.2, 0.25) is 0 Å². The Morgan fingerprint density at radius 2 is 1.44 bits per heavy atom. The number of hydrogen-bond acceptors (Lipinski definition) is 2. The first-order valence-corrected chi connectivity index (χ1v) is 8.21. The van der Waals surface area contributed by atoms with E-state index in [1.807, 2.05) is 60.7 Å². The number of hydrogen-bond donors (Lipinski definition) is 3. The molecule has 4 aromatic rings. The number of benzene rings is 2. The number of rotatable bonds is 4. The number of carboxylic acids is 1. The van der Waals surface area contributed by atoms with Crippen LogP contribution in [-0.2, 0) is 14.9 Å². The largest absolute Gasteiger partial charge is 0.480 e. The molecule has 124 valence electrons. The molecule has 5 rings (SSSR count). The third-order valence-electron chi connectivity index (χ3n) is 5.06. The summed E-state index contributed by atoms with van der Waals surface area (Å²) in [6, 6.07) is 19.4. The van der Waals surface area contributed by atoms with Gasteiger partial charge in [0.25, 0.3) is 0 Å². The molecule has 0 aliphatic carbocycles. The van der Waals surface area contributed by atoms with Crippen molar-refractivity contribution in [2.24, 2.45) is 0 Å². The SMILES string of the molecule is O=C(O)C(c1cc2ccccc2[nH]1)(c1cc2ccccc2[nH]1)C1CO1.